The van der Waals surface area contributed by atoms with E-state index in [1.165, 1.54) is 17.0 Å². The van der Waals surface area contributed by atoms with E-state index in [4.69, 9.17) is 16.3 Å². The summed E-state index contributed by atoms with van der Waals surface area (Å²) in [5.74, 6) is -0.488. The predicted molar refractivity (Wildman–Crippen MR) is 77.4 cm³/mol. The van der Waals surface area contributed by atoms with Crippen molar-refractivity contribution in [3.05, 3.63) is 34.6 Å². The van der Waals surface area contributed by atoms with Gasteiger partial charge in [0, 0.05) is 27.2 Å². The van der Waals surface area contributed by atoms with Gasteiger partial charge in [-0.05, 0) is 31.5 Å². The lowest BCUT2D eigenvalue weighted by Gasteiger charge is -2.25. The first-order valence-electron chi connectivity index (χ1n) is 6.23. The van der Waals surface area contributed by atoms with Crippen LogP contribution in [0.4, 0.5) is 9.18 Å². The molecule has 0 spiro atoms. The number of carbonyl (C=O) groups is 1. The van der Waals surface area contributed by atoms with Crippen LogP contribution < -0.4 is 5.32 Å². The van der Waals surface area contributed by atoms with Gasteiger partial charge in [-0.1, -0.05) is 17.7 Å². The number of benzene rings is 1. The maximum Gasteiger partial charge on any atom is 0.317 e. The number of nitrogens with zero attached hydrogens (tertiary/aromatic N) is 1. The van der Waals surface area contributed by atoms with E-state index < -0.39 is 11.4 Å². The number of amides is 2. The van der Waals surface area contributed by atoms with E-state index in [1.807, 2.05) is 13.8 Å². The van der Waals surface area contributed by atoms with E-state index >= 15 is 0 Å². The topological polar surface area (TPSA) is 41.6 Å². The summed E-state index contributed by atoms with van der Waals surface area (Å²) < 4.78 is 18.5. The number of urea groups is 1. The molecule has 0 aliphatic heterocycles. The molecule has 2 amide bonds. The van der Waals surface area contributed by atoms with Crippen LogP contribution in [0.25, 0.3) is 0 Å². The van der Waals surface area contributed by atoms with Crippen molar-refractivity contribution >= 4 is 17.6 Å². The van der Waals surface area contributed by atoms with E-state index in [9.17, 15) is 9.18 Å². The van der Waals surface area contributed by atoms with Gasteiger partial charge >= 0.3 is 6.03 Å². The number of rotatable bonds is 5. The van der Waals surface area contributed by atoms with E-state index in [0.29, 0.717) is 18.7 Å². The van der Waals surface area contributed by atoms with E-state index in [0.717, 1.165) is 0 Å². The van der Waals surface area contributed by atoms with Gasteiger partial charge in [0.1, 0.15) is 5.82 Å². The Morgan fingerprint density at radius 1 is 1.50 bits per heavy atom. The molecule has 0 unspecified atom stereocenters. The number of methoxy groups -OCH3 is 1. The van der Waals surface area contributed by atoms with Crippen LogP contribution in [0.5, 0.6) is 0 Å². The van der Waals surface area contributed by atoms with Gasteiger partial charge in [0.15, 0.2) is 0 Å². The summed E-state index contributed by atoms with van der Waals surface area (Å²) in [6.07, 6.45) is 0. The van der Waals surface area contributed by atoms with Crippen molar-refractivity contribution in [1.29, 1.82) is 0 Å². The molecule has 1 aromatic rings. The van der Waals surface area contributed by atoms with Crippen LogP contribution in [0.2, 0.25) is 5.02 Å². The first-order valence-corrected chi connectivity index (χ1v) is 6.61. The van der Waals surface area contributed by atoms with Crippen LogP contribution in [-0.4, -0.2) is 37.2 Å². The lowest BCUT2D eigenvalue weighted by atomic mass is 10.1. The van der Waals surface area contributed by atoms with Crippen molar-refractivity contribution in [2.45, 2.75) is 26.0 Å². The SMILES string of the molecule is COC(C)(C)CNC(=O)N(C)Cc1ccc(Cl)c(F)c1. The molecule has 0 saturated carbocycles. The number of ether oxygens (including phenoxy) is 1. The summed E-state index contributed by atoms with van der Waals surface area (Å²) in [4.78, 5) is 13.4. The number of hydrogen-bond acceptors (Lipinski definition) is 2. The van der Waals surface area contributed by atoms with Crippen LogP contribution in [-0.2, 0) is 11.3 Å². The molecule has 0 radical (unpaired) electrons. The molecule has 0 aromatic heterocycles. The molecule has 1 rings (SSSR count). The third-order valence-electron chi connectivity index (χ3n) is 2.97. The van der Waals surface area contributed by atoms with Crippen LogP contribution in [0.3, 0.4) is 0 Å². The zero-order chi connectivity index (χ0) is 15.3. The fourth-order valence-electron chi connectivity index (χ4n) is 1.48. The Hall–Kier alpha value is -1.33. The quantitative estimate of drug-likeness (QED) is 0.908. The van der Waals surface area contributed by atoms with Crippen molar-refractivity contribution in [3.63, 3.8) is 0 Å². The largest absolute Gasteiger partial charge is 0.377 e. The molecule has 20 heavy (non-hydrogen) atoms. The van der Waals surface area contributed by atoms with Crippen LogP contribution in [0, 0.1) is 5.82 Å². The molecule has 0 saturated heterocycles. The van der Waals surface area contributed by atoms with E-state index in [1.54, 1.807) is 20.2 Å². The second-order valence-electron chi connectivity index (χ2n) is 5.23. The molecule has 0 heterocycles. The molecule has 1 aromatic carbocycles. The number of carbonyl (C=O) groups excluding carboxylic acids is 1. The smallest absolute Gasteiger partial charge is 0.317 e. The van der Waals surface area contributed by atoms with Crippen molar-refractivity contribution in [2.24, 2.45) is 0 Å². The monoisotopic (exact) mass is 302 g/mol. The number of halogens is 2. The minimum atomic E-state index is -0.488. The third-order valence-corrected chi connectivity index (χ3v) is 3.27. The Morgan fingerprint density at radius 2 is 2.15 bits per heavy atom. The van der Waals surface area contributed by atoms with Gasteiger partial charge in [-0.3, -0.25) is 0 Å². The first-order chi connectivity index (χ1) is 9.25. The highest BCUT2D eigenvalue weighted by atomic mass is 35.5. The standard InChI is InChI=1S/C14H20ClFN2O2/c1-14(2,20-4)9-17-13(19)18(3)8-10-5-6-11(15)12(16)7-10/h5-7H,8-9H2,1-4H3,(H,17,19). The summed E-state index contributed by atoms with van der Waals surface area (Å²) >= 11 is 5.61. The van der Waals surface area contributed by atoms with Crippen molar-refractivity contribution in [2.75, 3.05) is 20.7 Å². The Balaban J connectivity index is 2.55. The predicted octanol–water partition coefficient (Wildman–Crippen LogP) is 3.05. The van der Waals surface area contributed by atoms with Gasteiger partial charge in [-0.15, -0.1) is 0 Å². The van der Waals surface area contributed by atoms with Crippen molar-refractivity contribution in [3.8, 4) is 0 Å². The molecular formula is C14H20ClFN2O2. The average molecular weight is 303 g/mol. The molecule has 0 atom stereocenters. The second-order valence-corrected chi connectivity index (χ2v) is 5.63. The Labute approximate surface area is 123 Å². The fourth-order valence-corrected chi connectivity index (χ4v) is 1.60. The summed E-state index contributed by atoms with van der Waals surface area (Å²) in [6, 6.07) is 4.25. The molecule has 0 aliphatic rings. The van der Waals surface area contributed by atoms with Gasteiger partial charge in [-0.2, -0.15) is 0 Å². The van der Waals surface area contributed by atoms with E-state index in [-0.39, 0.29) is 11.1 Å². The van der Waals surface area contributed by atoms with Crippen molar-refractivity contribution in [1.82, 2.24) is 10.2 Å². The zero-order valence-electron chi connectivity index (χ0n) is 12.2. The van der Waals surface area contributed by atoms with Crippen LogP contribution in [0.1, 0.15) is 19.4 Å². The summed E-state index contributed by atoms with van der Waals surface area (Å²) in [6.45, 7) is 4.44. The molecule has 4 nitrogen and oxygen atoms in total. The molecular weight excluding hydrogens is 283 g/mol. The number of nitrogens with one attached hydrogen (secondary N) is 1. The van der Waals surface area contributed by atoms with Gasteiger partial charge < -0.3 is 15.0 Å². The Morgan fingerprint density at radius 3 is 2.70 bits per heavy atom. The van der Waals surface area contributed by atoms with Gasteiger partial charge in [0.25, 0.3) is 0 Å². The average Bonchev–Trinajstić information content (AvgIpc) is 2.40. The van der Waals surface area contributed by atoms with Crippen LogP contribution in [0.15, 0.2) is 18.2 Å². The minimum Gasteiger partial charge on any atom is -0.377 e. The highest BCUT2D eigenvalue weighted by molar-refractivity contribution is 6.30. The second kappa shape index (κ2) is 6.90. The van der Waals surface area contributed by atoms with Crippen molar-refractivity contribution < 1.29 is 13.9 Å². The summed E-state index contributed by atoms with van der Waals surface area (Å²) in [5, 5.41) is 2.83. The first kappa shape index (κ1) is 16.7. The highest BCUT2D eigenvalue weighted by Crippen LogP contribution is 2.16. The van der Waals surface area contributed by atoms with Crippen LogP contribution >= 0.6 is 11.6 Å². The van der Waals surface area contributed by atoms with Gasteiger partial charge in [0.05, 0.1) is 10.6 Å². The lowest BCUT2D eigenvalue weighted by Crippen LogP contribution is -2.44. The molecule has 0 aliphatic carbocycles. The Kier molecular flexibility index (Phi) is 5.77. The number of hydrogen-bond donors (Lipinski definition) is 1. The molecule has 6 heteroatoms. The summed E-state index contributed by atoms with van der Waals surface area (Å²) in [5.41, 5.74) is 0.249. The normalized spacial score (nSPS) is 11.3. The maximum absolute atomic E-state index is 13.3. The maximum atomic E-state index is 13.3. The highest BCUT2D eigenvalue weighted by Gasteiger charge is 2.18. The molecule has 112 valence electrons. The Bertz CT molecular complexity index is 480. The third kappa shape index (κ3) is 4.98. The minimum absolute atomic E-state index is 0.0719. The van der Waals surface area contributed by atoms with Gasteiger partial charge in [-0.25, -0.2) is 9.18 Å². The fraction of sp³-hybridized carbons (Fsp3) is 0.500. The zero-order valence-corrected chi connectivity index (χ0v) is 12.9. The summed E-state index contributed by atoms with van der Waals surface area (Å²) in [7, 11) is 3.23. The lowest BCUT2D eigenvalue weighted by molar-refractivity contribution is 0.0245. The molecule has 0 fully saturated rings. The molecule has 0 bridgehead atoms. The van der Waals surface area contributed by atoms with Gasteiger partial charge in [0.2, 0.25) is 0 Å². The van der Waals surface area contributed by atoms with E-state index in [2.05, 4.69) is 5.32 Å². The molecule has 1 N–H and O–H groups in total.